The van der Waals surface area contributed by atoms with E-state index in [1.54, 1.807) is 9.80 Å². The first-order valence-electron chi connectivity index (χ1n) is 20.9. The van der Waals surface area contributed by atoms with E-state index in [0.29, 0.717) is 35.9 Å². The maximum atomic E-state index is 14.0. The molecule has 4 amide bonds. The standard InChI is InChI=1S/C48H50N8O6/c1-29-25-33(37-27-49-43(51-37)39-17-11-23-55(39)45(57)41(53-47(59)61-3)31-13-7-5-8-14-31)19-21-35(29)36-22-20-34(26-30(36)2)38-28-50-44(52-38)40-18-12-24-56(40)46(58)42(54-48(60)62-4)32-15-9-6-10-16-32/h5-10,13-16,19-22,25-28,39-42H,11-12,17-18,23-24H2,1-4H3,(H,49,51)(H,50,52)(H,53,59)(H,54,60)/t39-,40-,41+,42+/m0/s1. The van der Waals surface area contributed by atoms with Crippen molar-refractivity contribution < 1.29 is 28.7 Å². The molecule has 0 unspecified atom stereocenters. The number of aryl methyl sites for hydroxylation is 2. The van der Waals surface area contributed by atoms with Gasteiger partial charge in [0, 0.05) is 13.1 Å². The highest BCUT2D eigenvalue weighted by molar-refractivity contribution is 5.88. The van der Waals surface area contributed by atoms with Crippen molar-refractivity contribution in [3.8, 4) is 33.6 Å². The number of nitrogens with one attached hydrogen (secondary N) is 4. The lowest BCUT2D eigenvalue weighted by Gasteiger charge is -2.28. The molecule has 0 aliphatic carbocycles. The van der Waals surface area contributed by atoms with Gasteiger partial charge in [-0.1, -0.05) is 84.9 Å². The normalized spacial score (nSPS) is 17.0. The van der Waals surface area contributed by atoms with Gasteiger partial charge in [-0.25, -0.2) is 19.6 Å². The summed E-state index contributed by atoms with van der Waals surface area (Å²) >= 11 is 0. The van der Waals surface area contributed by atoms with Crippen LogP contribution in [0.3, 0.4) is 0 Å². The smallest absolute Gasteiger partial charge is 0.407 e. The molecule has 62 heavy (non-hydrogen) atoms. The summed E-state index contributed by atoms with van der Waals surface area (Å²) < 4.78 is 9.69. The Morgan fingerprint density at radius 1 is 0.613 bits per heavy atom. The Labute approximate surface area is 360 Å². The summed E-state index contributed by atoms with van der Waals surface area (Å²) in [5.74, 6) is 0.968. The van der Waals surface area contributed by atoms with Gasteiger partial charge in [-0.2, -0.15) is 0 Å². The van der Waals surface area contributed by atoms with E-state index in [1.807, 2.05) is 73.1 Å². The number of methoxy groups -OCH3 is 2. The molecule has 0 radical (unpaired) electrons. The van der Waals surface area contributed by atoms with E-state index in [0.717, 1.165) is 70.5 Å². The maximum Gasteiger partial charge on any atom is 0.407 e. The van der Waals surface area contributed by atoms with Crippen LogP contribution in [0.25, 0.3) is 33.6 Å². The molecule has 2 aromatic heterocycles. The van der Waals surface area contributed by atoms with E-state index in [-0.39, 0.29) is 23.9 Å². The number of H-pyrrole nitrogens is 2. The molecule has 8 rings (SSSR count). The van der Waals surface area contributed by atoms with Gasteiger partial charge in [-0.3, -0.25) is 9.59 Å². The third kappa shape index (κ3) is 8.53. The van der Waals surface area contributed by atoms with Crippen molar-refractivity contribution in [3.05, 3.63) is 143 Å². The number of benzene rings is 4. The predicted molar refractivity (Wildman–Crippen MR) is 233 cm³/mol. The zero-order valence-electron chi connectivity index (χ0n) is 35.2. The number of carbonyl (C=O) groups is 4. The topological polar surface area (TPSA) is 175 Å². The molecule has 0 saturated carbocycles. The van der Waals surface area contributed by atoms with E-state index in [4.69, 9.17) is 19.4 Å². The van der Waals surface area contributed by atoms with Gasteiger partial charge < -0.3 is 39.9 Å². The van der Waals surface area contributed by atoms with Gasteiger partial charge in [-0.05, 0) is 96.2 Å². The molecule has 4 heterocycles. The number of aromatic amines is 2. The minimum atomic E-state index is -0.888. The van der Waals surface area contributed by atoms with Gasteiger partial charge in [0.1, 0.15) is 23.7 Å². The molecule has 2 aliphatic heterocycles. The molecular weight excluding hydrogens is 785 g/mol. The summed E-state index contributed by atoms with van der Waals surface area (Å²) in [6.45, 7) is 5.29. The SMILES string of the molecule is COC(=O)N[C@@H](C(=O)N1CCC[C@H]1c1ncc(-c2ccc(-c3ccc(-c4cnc([C@@H]5CCCN5C(=O)[C@H](NC(=O)OC)c5ccccc5)[nH]4)cc3C)c(C)c2)[nH]1)c1ccccc1. The van der Waals surface area contributed by atoms with Crippen LogP contribution in [0.5, 0.6) is 0 Å². The quantitative estimate of drug-likeness (QED) is 0.101. The van der Waals surface area contributed by atoms with E-state index in [2.05, 4.69) is 70.8 Å². The monoisotopic (exact) mass is 834 g/mol. The fourth-order valence-corrected chi connectivity index (χ4v) is 8.75. The van der Waals surface area contributed by atoms with Crippen molar-refractivity contribution in [1.82, 2.24) is 40.4 Å². The van der Waals surface area contributed by atoms with E-state index in [1.165, 1.54) is 14.2 Å². The fraction of sp³-hybridized carbons (Fsp3) is 0.292. The van der Waals surface area contributed by atoms with Gasteiger partial charge in [0.2, 0.25) is 0 Å². The minimum Gasteiger partial charge on any atom is -0.453 e. The molecule has 318 valence electrons. The molecule has 4 aromatic carbocycles. The number of carbonyl (C=O) groups excluding carboxylic acids is 4. The highest BCUT2D eigenvalue weighted by Gasteiger charge is 2.38. The second kappa shape index (κ2) is 18.2. The molecule has 4 atom stereocenters. The summed E-state index contributed by atoms with van der Waals surface area (Å²) in [6, 6.07) is 28.7. The van der Waals surface area contributed by atoms with Crippen molar-refractivity contribution in [1.29, 1.82) is 0 Å². The van der Waals surface area contributed by atoms with Crippen LogP contribution in [0.4, 0.5) is 9.59 Å². The number of hydrogen-bond donors (Lipinski definition) is 4. The Bertz CT molecular complexity index is 2400. The van der Waals surface area contributed by atoms with Crippen molar-refractivity contribution in [2.45, 2.75) is 63.7 Å². The lowest BCUT2D eigenvalue weighted by molar-refractivity contribution is -0.135. The first-order chi connectivity index (χ1) is 30.1. The Morgan fingerprint density at radius 3 is 1.39 bits per heavy atom. The lowest BCUT2D eigenvalue weighted by atomic mass is 9.93. The van der Waals surface area contributed by atoms with Crippen molar-refractivity contribution in [2.75, 3.05) is 27.3 Å². The Kier molecular flexibility index (Phi) is 12.2. The first kappa shape index (κ1) is 41.5. The highest BCUT2D eigenvalue weighted by Crippen LogP contribution is 2.37. The average molecular weight is 835 g/mol. The van der Waals surface area contributed by atoms with E-state index in [9.17, 15) is 19.2 Å². The van der Waals surface area contributed by atoms with Crippen molar-refractivity contribution >= 4 is 24.0 Å². The second-order valence-electron chi connectivity index (χ2n) is 15.8. The average Bonchev–Trinajstić information content (AvgIpc) is 4.15. The first-order valence-corrected chi connectivity index (χ1v) is 20.9. The van der Waals surface area contributed by atoms with Crippen molar-refractivity contribution in [3.63, 3.8) is 0 Å². The number of nitrogens with zero attached hydrogens (tertiary/aromatic N) is 4. The predicted octanol–water partition coefficient (Wildman–Crippen LogP) is 8.27. The van der Waals surface area contributed by atoms with Gasteiger partial charge in [0.05, 0.1) is 50.1 Å². The third-order valence-corrected chi connectivity index (χ3v) is 11.9. The zero-order chi connectivity index (χ0) is 43.3. The molecule has 6 aromatic rings. The highest BCUT2D eigenvalue weighted by atomic mass is 16.5. The summed E-state index contributed by atoms with van der Waals surface area (Å²) in [6.07, 6.45) is 5.39. The zero-order valence-corrected chi connectivity index (χ0v) is 35.2. The number of hydrogen-bond acceptors (Lipinski definition) is 8. The Balaban J connectivity index is 0.965. The molecule has 2 saturated heterocycles. The van der Waals surface area contributed by atoms with Crippen LogP contribution < -0.4 is 10.6 Å². The van der Waals surface area contributed by atoms with E-state index >= 15 is 0 Å². The van der Waals surface area contributed by atoms with Crippen LogP contribution in [-0.4, -0.2) is 81.0 Å². The van der Waals surface area contributed by atoms with Crippen molar-refractivity contribution in [2.24, 2.45) is 0 Å². The Morgan fingerprint density at radius 2 is 1.02 bits per heavy atom. The molecule has 2 fully saturated rings. The third-order valence-electron chi connectivity index (χ3n) is 11.9. The molecule has 2 aliphatic rings. The maximum absolute atomic E-state index is 14.0. The number of rotatable bonds is 11. The van der Waals surface area contributed by atoms with Gasteiger partial charge >= 0.3 is 12.2 Å². The molecule has 4 N–H and O–H groups in total. The second-order valence-corrected chi connectivity index (χ2v) is 15.8. The number of imidazole rings is 2. The van der Waals surface area contributed by atoms with Crippen LogP contribution in [0, 0.1) is 13.8 Å². The minimum absolute atomic E-state index is 0.215. The number of amides is 4. The number of alkyl carbamates (subject to hydrolysis) is 2. The number of aromatic nitrogens is 4. The number of likely N-dealkylation sites (tertiary alicyclic amines) is 2. The van der Waals surface area contributed by atoms with Crippen LogP contribution in [0.15, 0.2) is 109 Å². The van der Waals surface area contributed by atoms with Gasteiger partial charge in [-0.15, -0.1) is 0 Å². The van der Waals surface area contributed by atoms with Gasteiger partial charge in [0.15, 0.2) is 0 Å². The summed E-state index contributed by atoms with van der Waals surface area (Å²) in [5.41, 5.74) is 9.41. The van der Waals surface area contributed by atoms with Crippen LogP contribution in [-0.2, 0) is 19.1 Å². The van der Waals surface area contributed by atoms with Crippen LogP contribution >= 0.6 is 0 Å². The summed E-state index contributed by atoms with van der Waals surface area (Å²) in [4.78, 5) is 72.5. The molecule has 0 bridgehead atoms. The molecular formula is C48H50N8O6. The van der Waals surface area contributed by atoms with Crippen LogP contribution in [0.1, 0.15) is 83.8 Å². The molecule has 14 heteroatoms. The Hall–Kier alpha value is -7.22. The largest absolute Gasteiger partial charge is 0.453 e. The summed E-state index contributed by atoms with van der Waals surface area (Å²) in [7, 11) is 2.56. The summed E-state index contributed by atoms with van der Waals surface area (Å²) in [5, 5.41) is 5.44. The molecule has 0 spiro atoms. The fourth-order valence-electron chi connectivity index (χ4n) is 8.75. The molecule has 14 nitrogen and oxygen atoms in total. The van der Waals surface area contributed by atoms with E-state index < -0.39 is 24.3 Å². The lowest BCUT2D eigenvalue weighted by Crippen LogP contribution is -2.42. The van der Waals surface area contributed by atoms with Gasteiger partial charge in [0.25, 0.3) is 11.8 Å². The van der Waals surface area contributed by atoms with Crippen LogP contribution in [0.2, 0.25) is 0 Å². The number of ether oxygens (including phenoxy) is 2.